The Hall–Kier alpha value is -0.650. The topological polar surface area (TPSA) is 42.0 Å². The van der Waals surface area contributed by atoms with Gasteiger partial charge in [-0.3, -0.25) is 9.69 Å². The summed E-state index contributed by atoms with van der Waals surface area (Å²) in [6.07, 6.45) is 6.52. The summed E-state index contributed by atoms with van der Waals surface area (Å²) in [5, 5.41) is 0. The van der Waals surface area contributed by atoms with Gasteiger partial charge >= 0.3 is 0 Å². The van der Waals surface area contributed by atoms with Crippen molar-refractivity contribution in [2.75, 3.05) is 52.5 Å². The summed E-state index contributed by atoms with van der Waals surface area (Å²) in [6, 6.07) is 0. The Bertz CT molecular complexity index is 430. The zero-order valence-electron chi connectivity index (χ0n) is 14.2. The van der Waals surface area contributed by atoms with Gasteiger partial charge in [0.15, 0.2) is 0 Å². The van der Waals surface area contributed by atoms with Gasteiger partial charge in [0.05, 0.1) is 5.60 Å². The maximum atomic E-state index is 11.8. The van der Waals surface area contributed by atoms with Crippen LogP contribution in [-0.4, -0.2) is 73.9 Å². The SMILES string of the molecule is O=C1CCCN1CCC1CCOC12CN(CC1CCOCC1)C2. The van der Waals surface area contributed by atoms with Gasteiger partial charge in [-0.05, 0) is 43.9 Å². The Labute approximate surface area is 139 Å². The molecular formula is C18H30N2O3. The summed E-state index contributed by atoms with van der Waals surface area (Å²) in [5.41, 5.74) is 0.105. The summed E-state index contributed by atoms with van der Waals surface area (Å²) < 4.78 is 11.6. The number of likely N-dealkylation sites (tertiary alicyclic amines) is 2. The molecule has 0 bridgehead atoms. The van der Waals surface area contributed by atoms with Crippen molar-refractivity contribution in [3.8, 4) is 0 Å². The van der Waals surface area contributed by atoms with E-state index in [1.54, 1.807) is 0 Å². The lowest BCUT2D eigenvalue weighted by molar-refractivity contribution is -0.142. The van der Waals surface area contributed by atoms with Crippen LogP contribution in [0.1, 0.15) is 38.5 Å². The molecular weight excluding hydrogens is 292 g/mol. The number of carbonyl (C=O) groups is 1. The van der Waals surface area contributed by atoms with E-state index >= 15 is 0 Å². The van der Waals surface area contributed by atoms with Crippen LogP contribution < -0.4 is 0 Å². The molecule has 5 heteroatoms. The molecule has 4 heterocycles. The van der Waals surface area contributed by atoms with E-state index in [9.17, 15) is 4.79 Å². The zero-order valence-corrected chi connectivity index (χ0v) is 14.2. The van der Waals surface area contributed by atoms with Gasteiger partial charge in [0.1, 0.15) is 0 Å². The summed E-state index contributed by atoms with van der Waals surface area (Å²) in [5.74, 6) is 1.80. The van der Waals surface area contributed by atoms with E-state index in [4.69, 9.17) is 9.47 Å². The first kappa shape index (κ1) is 15.9. The quantitative estimate of drug-likeness (QED) is 0.769. The standard InChI is InChI=1S/C18H30N2O3/c21-17-2-1-7-20(17)8-3-16-6-11-23-18(16)13-19(14-18)12-15-4-9-22-10-5-15/h15-16H,1-14H2. The molecule has 0 N–H and O–H groups in total. The molecule has 4 fully saturated rings. The molecule has 4 aliphatic heterocycles. The highest BCUT2D eigenvalue weighted by Gasteiger charge is 2.52. The maximum absolute atomic E-state index is 11.8. The largest absolute Gasteiger partial charge is 0.381 e. The second-order valence-electron chi connectivity index (χ2n) is 7.90. The van der Waals surface area contributed by atoms with Crippen molar-refractivity contribution in [1.82, 2.24) is 9.80 Å². The number of rotatable bonds is 5. The minimum absolute atomic E-state index is 0.105. The molecule has 4 aliphatic rings. The third-order valence-electron chi connectivity index (χ3n) is 6.36. The smallest absolute Gasteiger partial charge is 0.222 e. The van der Waals surface area contributed by atoms with Crippen LogP contribution in [0.4, 0.5) is 0 Å². The average molecular weight is 322 g/mol. The van der Waals surface area contributed by atoms with E-state index in [-0.39, 0.29) is 5.60 Å². The van der Waals surface area contributed by atoms with Crippen LogP contribution in [-0.2, 0) is 14.3 Å². The van der Waals surface area contributed by atoms with Crippen LogP contribution in [0.3, 0.4) is 0 Å². The molecule has 4 saturated heterocycles. The second kappa shape index (κ2) is 6.69. The number of nitrogens with zero attached hydrogens (tertiary/aromatic N) is 2. The summed E-state index contributed by atoms with van der Waals surface area (Å²) >= 11 is 0. The number of ether oxygens (including phenoxy) is 2. The van der Waals surface area contributed by atoms with Crippen molar-refractivity contribution in [3.05, 3.63) is 0 Å². The molecule has 0 aromatic carbocycles. The number of hydrogen-bond acceptors (Lipinski definition) is 4. The van der Waals surface area contributed by atoms with Crippen molar-refractivity contribution < 1.29 is 14.3 Å². The van der Waals surface area contributed by atoms with Crippen molar-refractivity contribution >= 4 is 5.91 Å². The Kier molecular flexibility index (Phi) is 4.61. The summed E-state index contributed by atoms with van der Waals surface area (Å²) in [7, 11) is 0. The van der Waals surface area contributed by atoms with Crippen LogP contribution in [0.15, 0.2) is 0 Å². The van der Waals surface area contributed by atoms with Crippen molar-refractivity contribution in [2.45, 2.75) is 44.1 Å². The molecule has 0 aliphatic carbocycles. The predicted molar refractivity (Wildman–Crippen MR) is 87.2 cm³/mol. The molecule has 1 spiro atoms. The predicted octanol–water partition coefficient (Wildman–Crippen LogP) is 1.52. The van der Waals surface area contributed by atoms with Crippen molar-refractivity contribution in [3.63, 3.8) is 0 Å². The molecule has 1 atom stereocenters. The molecule has 4 rings (SSSR count). The Morgan fingerprint density at radius 1 is 1.13 bits per heavy atom. The lowest BCUT2D eigenvalue weighted by Crippen LogP contribution is -2.65. The highest BCUT2D eigenvalue weighted by atomic mass is 16.5. The van der Waals surface area contributed by atoms with Gasteiger partial charge in [0, 0.05) is 59.0 Å². The monoisotopic (exact) mass is 322 g/mol. The summed E-state index contributed by atoms with van der Waals surface area (Å²) in [4.78, 5) is 16.4. The highest BCUT2D eigenvalue weighted by Crippen LogP contribution is 2.42. The number of amides is 1. The lowest BCUT2D eigenvalue weighted by Gasteiger charge is -2.51. The van der Waals surface area contributed by atoms with E-state index in [1.807, 2.05) is 0 Å². The fraction of sp³-hybridized carbons (Fsp3) is 0.944. The first-order valence-electron chi connectivity index (χ1n) is 9.47. The number of hydrogen-bond donors (Lipinski definition) is 0. The molecule has 0 aromatic rings. The summed E-state index contributed by atoms with van der Waals surface area (Å²) in [6.45, 7) is 8.10. The number of carbonyl (C=O) groups excluding carboxylic acids is 1. The maximum Gasteiger partial charge on any atom is 0.222 e. The molecule has 1 amide bonds. The molecule has 1 unspecified atom stereocenters. The molecule has 130 valence electrons. The van der Waals surface area contributed by atoms with E-state index in [2.05, 4.69) is 9.80 Å². The van der Waals surface area contributed by atoms with Gasteiger partial charge in [0.2, 0.25) is 5.91 Å². The van der Waals surface area contributed by atoms with Crippen molar-refractivity contribution in [2.24, 2.45) is 11.8 Å². The third-order valence-corrected chi connectivity index (χ3v) is 6.36. The first-order chi connectivity index (χ1) is 11.3. The normalized spacial score (nSPS) is 31.9. The van der Waals surface area contributed by atoms with Crippen LogP contribution >= 0.6 is 0 Å². The molecule has 0 aromatic heterocycles. The van der Waals surface area contributed by atoms with Crippen LogP contribution in [0.25, 0.3) is 0 Å². The Balaban J connectivity index is 1.24. The first-order valence-corrected chi connectivity index (χ1v) is 9.47. The van der Waals surface area contributed by atoms with Crippen LogP contribution in [0.5, 0.6) is 0 Å². The minimum Gasteiger partial charge on any atom is -0.381 e. The highest BCUT2D eigenvalue weighted by molar-refractivity contribution is 5.77. The molecule has 0 radical (unpaired) electrons. The van der Waals surface area contributed by atoms with E-state index in [0.717, 1.165) is 71.2 Å². The van der Waals surface area contributed by atoms with Gasteiger partial charge in [-0.15, -0.1) is 0 Å². The molecule has 23 heavy (non-hydrogen) atoms. The van der Waals surface area contributed by atoms with Gasteiger partial charge in [-0.1, -0.05) is 0 Å². The molecule has 5 nitrogen and oxygen atoms in total. The fourth-order valence-electron chi connectivity index (χ4n) is 4.93. The Morgan fingerprint density at radius 2 is 1.96 bits per heavy atom. The minimum atomic E-state index is 0.105. The van der Waals surface area contributed by atoms with Gasteiger partial charge in [0.25, 0.3) is 0 Å². The van der Waals surface area contributed by atoms with Crippen molar-refractivity contribution in [1.29, 1.82) is 0 Å². The fourth-order valence-corrected chi connectivity index (χ4v) is 4.93. The Morgan fingerprint density at radius 3 is 2.70 bits per heavy atom. The van der Waals surface area contributed by atoms with E-state index in [0.29, 0.717) is 11.8 Å². The van der Waals surface area contributed by atoms with Gasteiger partial charge in [-0.2, -0.15) is 0 Å². The zero-order chi connectivity index (χ0) is 15.7. The third kappa shape index (κ3) is 3.28. The van der Waals surface area contributed by atoms with Crippen LogP contribution in [0, 0.1) is 11.8 Å². The second-order valence-corrected chi connectivity index (χ2v) is 7.90. The average Bonchev–Trinajstić information content (AvgIpc) is 3.12. The van der Waals surface area contributed by atoms with E-state index < -0.39 is 0 Å². The van der Waals surface area contributed by atoms with E-state index in [1.165, 1.54) is 25.8 Å². The van der Waals surface area contributed by atoms with Crippen LogP contribution in [0.2, 0.25) is 0 Å². The lowest BCUT2D eigenvalue weighted by atomic mass is 9.78. The molecule has 0 saturated carbocycles. The van der Waals surface area contributed by atoms with Gasteiger partial charge < -0.3 is 14.4 Å². The van der Waals surface area contributed by atoms with Gasteiger partial charge in [-0.25, -0.2) is 0 Å².